The summed E-state index contributed by atoms with van der Waals surface area (Å²) in [6.45, 7) is 5.69. The number of aromatic nitrogens is 6. The van der Waals surface area contributed by atoms with Crippen LogP contribution in [0.5, 0.6) is 0 Å². The van der Waals surface area contributed by atoms with Gasteiger partial charge in [-0.05, 0) is 13.8 Å². The van der Waals surface area contributed by atoms with Crippen LogP contribution in [0.4, 0.5) is 11.9 Å². The van der Waals surface area contributed by atoms with Crippen LogP contribution in [0.2, 0.25) is 0 Å². The molecule has 0 amide bonds. The smallest absolute Gasteiger partial charge is 0.230 e. The molecule has 8 heteroatoms. The van der Waals surface area contributed by atoms with E-state index in [9.17, 15) is 0 Å². The van der Waals surface area contributed by atoms with Gasteiger partial charge in [0.15, 0.2) is 5.82 Å². The Morgan fingerprint density at radius 3 is 2.50 bits per heavy atom. The molecule has 0 bridgehead atoms. The summed E-state index contributed by atoms with van der Waals surface area (Å²) >= 11 is 0. The fourth-order valence-electron chi connectivity index (χ4n) is 1.64. The monoisotopic (exact) mass is 248 g/mol. The SMILES string of the molecule is CCN(CC)c1nc(N)nc(-c2cnnn2C)n1. The van der Waals surface area contributed by atoms with Crippen LogP contribution in [0.25, 0.3) is 11.5 Å². The molecule has 0 saturated carbocycles. The van der Waals surface area contributed by atoms with Crippen LogP contribution >= 0.6 is 0 Å². The summed E-state index contributed by atoms with van der Waals surface area (Å²) < 4.78 is 1.60. The molecule has 0 atom stereocenters. The molecule has 0 unspecified atom stereocenters. The summed E-state index contributed by atoms with van der Waals surface area (Å²) in [6.07, 6.45) is 1.60. The zero-order valence-electron chi connectivity index (χ0n) is 10.7. The van der Waals surface area contributed by atoms with Crippen molar-refractivity contribution in [2.24, 2.45) is 7.05 Å². The van der Waals surface area contributed by atoms with Gasteiger partial charge in [-0.2, -0.15) is 15.0 Å². The lowest BCUT2D eigenvalue weighted by Crippen LogP contribution is -2.25. The summed E-state index contributed by atoms with van der Waals surface area (Å²) in [6, 6.07) is 0. The van der Waals surface area contributed by atoms with E-state index in [-0.39, 0.29) is 5.95 Å². The fourth-order valence-corrected chi connectivity index (χ4v) is 1.64. The minimum Gasteiger partial charge on any atom is -0.368 e. The Kier molecular flexibility index (Phi) is 3.35. The van der Waals surface area contributed by atoms with Crippen molar-refractivity contribution in [3.05, 3.63) is 6.20 Å². The summed E-state index contributed by atoms with van der Waals surface area (Å²) in [5.74, 6) is 1.25. The quantitative estimate of drug-likeness (QED) is 0.818. The van der Waals surface area contributed by atoms with Gasteiger partial charge in [0, 0.05) is 20.1 Å². The Morgan fingerprint density at radius 2 is 1.94 bits per heavy atom. The van der Waals surface area contributed by atoms with E-state index < -0.39 is 0 Å². The van der Waals surface area contributed by atoms with E-state index in [2.05, 4.69) is 25.3 Å². The summed E-state index contributed by atoms with van der Waals surface area (Å²) in [5, 5.41) is 7.65. The topological polar surface area (TPSA) is 98.6 Å². The number of nitrogen functional groups attached to an aromatic ring is 1. The van der Waals surface area contributed by atoms with Gasteiger partial charge in [-0.3, -0.25) is 0 Å². The van der Waals surface area contributed by atoms with Gasteiger partial charge < -0.3 is 10.6 Å². The minimum atomic E-state index is 0.197. The largest absolute Gasteiger partial charge is 0.368 e. The fraction of sp³-hybridized carbons (Fsp3) is 0.500. The summed E-state index contributed by atoms with van der Waals surface area (Å²) in [7, 11) is 1.78. The Bertz CT molecular complexity index is 530. The van der Waals surface area contributed by atoms with E-state index in [1.54, 1.807) is 17.9 Å². The van der Waals surface area contributed by atoms with E-state index in [0.717, 1.165) is 13.1 Å². The van der Waals surface area contributed by atoms with Gasteiger partial charge in [0.2, 0.25) is 11.9 Å². The minimum absolute atomic E-state index is 0.197. The second kappa shape index (κ2) is 4.94. The van der Waals surface area contributed by atoms with Crippen molar-refractivity contribution >= 4 is 11.9 Å². The highest BCUT2D eigenvalue weighted by Crippen LogP contribution is 2.16. The number of anilines is 2. The zero-order chi connectivity index (χ0) is 13.1. The number of nitrogens with zero attached hydrogens (tertiary/aromatic N) is 7. The molecule has 0 fully saturated rings. The maximum absolute atomic E-state index is 5.72. The highest BCUT2D eigenvalue weighted by molar-refractivity contribution is 5.52. The lowest BCUT2D eigenvalue weighted by molar-refractivity contribution is 0.716. The molecule has 0 aliphatic heterocycles. The van der Waals surface area contributed by atoms with Gasteiger partial charge >= 0.3 is 0 Å². The number of aryl methyl sites for hydroxylation is 1. The molecule has 0 aliphatic rings. The highest BCUT2D eigenvalue weighted by Gasteiger charge is 2.13. The Balaban J connectivity index is 2.47. The molecule has 8 nitrogen and oxygen atoms in total. The van der Waals surface area contributed by atoms with Gasteiger partial charge in [0.25, 0.3) is 0 Å². The first kappa shape index (κ1) is 12.2. The molecule has 0 aromatic carbocycles. The number of rotatable bonds is 4. The van der Waals surface area contributed by atoms with Gasteiger partial charge in [-0.25, -0.2) is 4.68 Å². The van der Waals surface area contributed by atoms with Crippen molar-refractivity contribution < 1.29 is 0 Å². The molecule has 0 spiro atoms. The molecule has 0 aliphatic carbocycles. The lowest BCUT2D eigenvalue weighted by Gasteiger charge is -2.18. The first-order valence-corrected chi connectivity index (χ1v) is 5.77. The second-order valence-electron chi connectivity index (χ2n) is 3.73. The average Bonchev–Trinajstić information content (AvgIpc) is 2.76. The second-order valence-corrected chi connectivity index (χ2v) is 3.73. The van der Waals surface area contributed by atoms with Crippen molar-refractivity contribution in [2.75, 3.05) is 23.7 Å². The Labute approximate surface area is 105 Å². The maximum Gasteiger partial charge on any atom is 0.230 e. The van der Waals surface area contributed by atoms with Crippen LogP contribution in [0.15, 0.2) is 6.20 Å². The van der Waals surface area contributed by atoms with Crippen molar-refractivity contribution in [3.63, 3.8) is 0 Å². The van der Waals surface area contributed by atoms with Crippen molar-refractivity contribution in [1.82, 2.24) is 29.9 Å². The van der Waals surface area contributed by atoms with E-state index in [1.807, 2.05) is 18.7 Å². The first-order valence-electron chi connectivity index (χ1n) is 5.77. The maximum atomic E-state index is 5.72. The summed E-state index contributed by atoms with van der Waals surface area (Å²) in [4.78, 5) is 14.7. The molecule has 2 rings (SSSR count). The number of hydrogen-bond acceptors (Lipinski definition) is 7. The Hall–Kier alpha value is -2.25. The van der Waals surface area contributed by atoms with Crippen molar-refractivity contribution in [2.45, 2.75) is 13.8 Å². The molecule has 0 radical (unpaired) electrons. The van der Waals surface area contributed by atoms with E-state index in [4.69, 9.17) is 5.73 Å². The lowest BCUT2D eigenvalue weighted by atomic mass is 10.4. The van der Waals surface area contributed by atoms with Crippen LogP contribution < -0.4 is 10.6 Å². The predicted molar refractivity (Wildman–Crippen MR) is 67.8 cm³/mol. The van der Waals surface area contributed by atoms with Crippen molar-refractivity contribution in [3.8, 4) is 11.5 Å². The zero-order valence-corrected chi connectivity index (χ0v) is 10.7. The first-order chi connectivity index (χ1) is 8.65. The number of nitrogens with two attached hydrogens (primary N) is 1. The van der Waals surface area contributed by atoms with E-state index >= 15 is 0 Å². The van der Waals surface area contributed by atoms with E-state index in [1.165, 1.54) is 0 Å². The van der Waals surface area contributed by atoms with Crippen LogP contribution in [0, 0.1) is 0 Å². The molecular formula is C10H16N8. The third kappa shape index (κ3) is 2.22. The molecule has 2 heterocycles. The van der Waals surface area contributed by atoms with Crippen LogP contribution in [0.1, 0.15) is 13.8 Å². The number of hydrogen-bond donors (Lipinski definition) is 1. The summed E-state index contributed by atoms with van der Waals surface area (Å²) in [5.41, 5.74) is 6.43. The molecule has 0 saturated heterocycles. The molecule has 96 valence electrons. The third-order valence-corrected chi connectivity index (χ3v) is 2.63. The van der Waals surface area contributed by atoms with Crippen LogP contribution in [0.3, 0.4) is 0 Å². The van der Waals surface area contributed by atoms with Gasteiger partial charge in [-0.15, -0.1) is 5.10 Å². The molecule has 18 heavy (non-hydrogen) atoms. The third-order valence-electron chi connectivity index (χ3n) is 2.63. The highest BCUT2D eigenvalue weighted by atomic mass is 15.4. The van der Waals surface area contributed by atoms with Gasteiger partial charge in [0.1, 0.15) is 5.69 Å². The van der Waals surface area contributed by atoms with Crippen LogP contribution in [-0.4, -0.2) is 43.0 Å². The van der Waals surface area contributed by atoms with Crippen molar-refractivity contribution in [1.29, 1.82) is 0 Å². The van der Waals surface area contributed by atoms with Gasteiger partial charge in [-0.1, -0.05) is 5.21 Å². The molecular weight excluding hydrogens is 232 g/mol. The van der Waals surface area contributed by atoms with Gasteiger partial charge in [0.05, 0.1) is 6.20 Å². The molecule has 2 aromatic rings. The van der Waals surface area contributed by atoms with E-state index in [0.29, 0.717) is 17.5 Å². The standard InChI is InChI=1S/C10H16N8/c1-4-18(5-2)10-14-8(13-9(11)15-10)7-6-12-16-17(7)3/h6H,4-5H2,1-3H3,(H2,11,13,14,15). The van der Waals surface area contributed by atoms with Crippen LogP contribution in [-0.2, 0) is 7.05 Å². The molecule has 2 N–H and O–H groups in total. The molecule has 2 aromatic heterocycles. The predicted octanol–water partition coefficient (Wildman–Crippen LogP) is 0.0955. The normalized spacial score (nSPS) is 10.6. The average molecular weight is 248 g/mol. The Morgan fingerprint density at radius 1 is 1.22 bits per heavy atom.